The summed E-state index contributed by atoms with van der Waals surface area (Å²) in [6.45, 7) is 0.256. The zero-order valence-electron chi connectivity index (χ0n) is 11.1. The Balaban J connectivity index is 2.17. The monoisotopic (exact) mass is 370 g/mol. The summed E-state index contributed by atoms with van der Waals surface area (Å²) in [5.74, 6) is -0.189. The molecular formula is C15H12BrClO4. The van der Waals surface area contributed by atoms with Crippen LogP contribution in [0.1, 0.15) is 15.9 Å². The maximum atomic E-state index is 11.0. The van der Waals surface area contributed by atoms with Gasteiger partial charge in [0, 0.05) is 4.47 Å². The minimum absolute atomic E-state index is 0.113. The smallest absolute Gasteiger partial charge is 0.339 e. The minimum atomic E-state index is -1.03. The minimum Gasteiger partial charge on any atom is -0.496 e. The van der Waals surface area contributed by atoms with E-state index < -0.39 is 5.97 Å². The third-order valence-electron chi connectivity index (χ3n) is 2.78. The Morgan fingerprint density at radius 2 is 2.00 bits per heavy atom. The molecule has 1 N–H and O–H groups in total. The fourth-order valence-corrected chi connectivity index (χ4v) is 2.26. The van der Waals surface area contributed by atoms with Crippen LogP contribution in [-0.2, 0) is 6.61 Å². The van der Waals surface area contributed by atoms with Crippen LogP contribution in [0.25, 0.3) is 0 Å². The van der Waals surface area contributed by atoms with Crippen LogP contribution >= 0.6 is 27.5 Å². The van der Waals surface area contributed by atoms with Gasteiger partial charge in [0.05, 0.1) is 12.1 Å². The van der Waals surface area contributed by atoms with Crippen molar-refractivity contribution in [2.45, 2.75) is 6.61 Å². The first-order valence-electron chi connectivity index (χ1n) is 5.99. The van der Waals surface area contributed by atoms with Gasteiger partial charge < -0.3 is 14.6 Å². The number of carbonyl (C=O) groups is 1. The van der Waals surface area contributed by atoms with Gasteiger partial charge in [-0.3, -0.25) is 0 Å². The van der Waals surface area contributed by atoms with Gasteiger partial charge in [0.2, 0.25) is 0 Å². The Kier molecular flexibility index (Phi) is 5.09. The number of halogens is 2. The lowest BCUT2D eigenvalue weighted by atomic mass is 10.1. The zero-order chi connectivity index (χ0) is 15.4. The molecule has 0 spiro atoms. The molecule has 0 fully saturated rings. The highest BCUT2D eigenvalue weighted by molar-refractivity contribution is 9.10. The predicted octanol–water partition coefficient (Wildman–Crippen LogP) is 4.39. The second-order valence-corrected chi connectivity index (χ2v) is 5.53. The Bertz CT molecular complexity index is 673. The summed E-state index contributed by atoms with van der Waals surface area (Å²) in [6, 6.07) is 10.1. The summed E-state index contributed by atoms with van der Waals surface area (Å²) in [7, 11) is 1.43. The van der Waals surface area contributed by atoms with Crippen LogP contribution in [0, 0.1) is 0 Å². The highest BCUT2D eigenvalue weighted by Crippen LogP contribution is 2.29. The fourth-order valence-electron chi connectivity index (χ4n) is 1.75. The highest BCUT2D eigenvalue weighted by Gasteiger charge is 2.11. The van der Waals surface area contributed by atoms with E-state index in [0.717, 1.165) is 10.0 Å². The molecule has 0 aliphatic rings. The van der Waals surface area contributed by atoms with Gasteiger partial charge in [-0.25, -0.2) is 4.79 Å². The van der Waals surface area contributed by atoms with Crippen LogP contribution in [0.3, 0.4) is 0 Å². The summed E-state index contributed by atoms with van der Waals surface area (Å²) in [6.07, 6.45) is 0. The lowest BCUT2D eigenvalue weighted by molar-refractivity contribution is 0.0693. The normalized spacial score (nSPS) is 10.2. The molecule has 110 valence electrons. The summed E-state index contributed by atoms with van der Waals surface area (Å²) in [5, 5.41) is 9.54. The SMILES string of the molecule is COc1cc(COc2cc(Br)ccc2Cl)ccc1C(=O)O. The average Bonchev–Trinajstić information content (AvgIpc) is 2.47. The molecule has 2 aromatic carbocycles. The number of carboxylic acids is 1. The predicted molar refractivity (Wildman–Crippen MR) is 83.4 cm³/mol. The molecule has 0 bridgehead atoms. The third-order valence-corrected chi connectivity index (χ3v) is 3.59. The molecule has 0 aliphatic carbocycles. The average molecular weight is 372 g/mol. The lowest BCUT2D eigenvalue weighted by Crippen LogP contribution is -2.03. The van der Waals surface area contributed by atoms with Crippen molar-refractivity contribution >= 4 is 33.5 Å². The second kappa shape index (κ2) is 6.83. The van der Waals surface area contributed by atoms with Gasteiger partial charge in [0.1, 0.15) is 23.7 Å². The molecule has 0 amide bonds. The van der Waals surface area contributed by atoms with E-state index in [9.17, 15) is 4.79 Å². The van der Waals surface area contributed by atoms with Crippen LogP contribution < -0.4 is 9.47 Å². The van der Waals surface area contributed by atoms with Crippen LogP contribution in [-0.4, -0.2) is 18.2 Å². The van der Waals surface area contributed by atoms with Crippen molar-refractivity contribution in [2.75, 3.05) is 7.11 Å². The zero-order valence-corrected chi connectivity index (χ0v) is 13.4. The van der Waals surface area contributed by atoms with Crippen LogP contribution in [0.4, 0.5) is 0 Å². The van der Waals surface area contributed by atoms with E-state index in [2.05, 4.69) is 15.9 Å². The van der Waals surface area contributed by atoms with E-state index in [1.165, 1.54) is 13.2 Å². The van der Waals surface area contributed by atoms with Gasteiger partial charge in [-0.2, -0.15) is 0 Å². The molecule has 0 heterocycles. The Morgan fingerprint density at radius 1 is 1.24 bits per heavy atom. The molecule has 2 rings (SSSR count). The molecule has 6 heteroatoms. The summed E-state index contributed by atoms with van der Waals surface area (Å²) in [5.41, 5.74) is 0.898. The van der Waals surface area contributed by atoms with Gasteiger partial charge in [-0.15, -0.1) is 0 Å². The number of rotatable bonds is 5. The molecular weight excluding hydrogens is 360 g/mol. The Hall–Kier alpha value is -1.72. The van der Waals surface area contributed by atoms with Crippen molar-refractivity contribution in [3.63, 3.8) is 0 Å². The third kappa shape index (κ3) is 3.89. The number of carboxylic acid groups (broad SMARTS) is 1. The van der Waals surface area contributed by atoms with Crippen LogP contribution in [0.2, 0.25) is 5.02 Å². The molecule has 4 nitrogen and oxygen atoms in total. The largest absolute Gasteiger partial charge is 0.496 e. The van der Waals surface area contributed by atoms with Gasteiger partial charge in [-0.1, -0.05) is 33.6 Å². The summed E-state index contributed by atoms with van der Waals surface area (Å²) in [4.78, 5) is 11.0. The first kappa shape index (κ1) is 15.7. The van der Waals surface area contributed by atoms with Crippen LogP contribution in [0.15, 0.2) is 40.9 Å². The number of aromatic carboxylic acids is 1. The van der Waals surface area contributed by atoms with Crippen molar-refractivity contribution in [3.8, 4) is 11.5 Å². The first-order chi connectivity index (χ1) is 10.0. The van der Waals surface area contributed by atoms with E-state index in [4.69, 9.17) is 26.2 Å². The van der Waals surface area contributed by atoms with Crippen molar-refractivity contribution in [3.05, 3.63) is 57.0 Å². The van der Waals surface area contributed by atoms with Gasteiger partial charge >= 0.3 is 5.97 Å². The summed E-state index contributed by atoms with van der Waals surface area (Å²) < 4.78 is 11.6. The Labute approximate surface area is 135 Å². The molecule has 2 aromatic rings. The molecule has 0 unspecified atom stereocenters. The molecule has 0 atom stereocenters. The first-order valence-corrected chi connectivity index (χ1v) is 7.16. The molecule has 0 radical (unpaired) electrons. The van der Waals surface area contributed by atoms with E-state index in [1.807, 2.05) is 6.07 Å². The maximum absolute atomic E-state index is 11.0. The lowest BCUT2D eigenvalue weighted by Gasteiger charge is -2.11. The van der Waals surface area contributed by atoms with Crippen molar-refractivity contribution < 1.29 is 19.4 Å². The van der Waals surface area contributed by atoms with Crippen molar-refractivity contribution in [1.82, 2.24) is 0 Å². The van der Waals surface area contributed by atoms with E-state index in [1.54, 1.807) is 24.3 Å². The molecule has 0 aliphatic heterocycles. The highest BCUT2D eigenvalue weighted by atomic mass is 79.9. The van der Waals surface area contributed by atoms with Crippen molar-refractivity contribution in [1.29, 1.82) is 0 Å². The molecule has 0 aromatic heterocycles. The maximum Gasteiger partial charge on any atom is 0.339 e. The van der Waals surface area contributed by atoms with E-state index in [-0.39, 0.29) is 12.2 Å². The molecule has 21 heavy (non-hydrogen) atoms. The van der Waals surface area contributed by atoms with E-state index in [0.29, 0.717) is 16.5 Å². The quantitative estimate of drug-likeness (QED) is 0.847. The standard InChI is InChI=1S/C15H12BrClO4/c1-20-13-6-9(2-4-11(13)15(18)19)8-21-14-7-10(16)3-5-12(14)17/h2-7H,8H2,1H3,(H,18,19). The van der Waals surface area contributed by atoms with Gasteiger partial charge in [0.15, 0.2) is 0 Å². The topological polar surface area (TPSA) is 55.8 Å². The summed E-state index contributed by atoms with van der Waals surface area (Å²) >= 11 is 9.39. The fraction of sp³-hybridized carbons (Fsp3) is 0.133. The number of methoxy groups -OCH3 is 1. The number of hydrogen-bond donors (Lipinski definition) is 1. The Morgan fingerprint density at radius 3 is 2.67 bits per heavy atom. The van der Waals surface area contributed by atoms with Crippen molar-refractivity contribution in [2.24, 2.45) is 0 Å². The number of ether oxygens (including phenoxy) is 2. The second-order valence-electron chi connectivity index (χ2n) is 4.20. The number of hydrogen-bond acceptors (Lipinski definition) is 3. The number of benzene rings is 2. The molecule has 0 saturated carbocycles. The van der Waals surface area contributed by atoms with E-state index >= 15 is 0 Å². The molecule has 0 saturated heterocycles. The van der Waals surface area contributed by atoms with Crippen LogP contribution in [0.5, 0.6) is 11.5 Å². The van der Waals surface area contributed by atoms with Gasteiger partial charge in [-0.05, 0) is 35.9 Å². The van der Waals surface area contributed by atoms with Gasteiger partial charge in [0.25, 0.3) is 0 Å².